The quantitative estimate of drug-likeness (QED) is 0.453. The van der Waals surface area contributed by atoms with Crippen LogP contribution in [-0.2, 0) is 0 Å². The third-order valence-electron chi connectivity index (χ3n) is 4.57. The van der Waals surface area contributed by atoms with E-state index in [0.717, 1.165) is 27.4 Å². The molecule has 2 amide bonds. The Balaban J connectivity index is 1.56. The molecule has 0 radical (unpaired) electrons. The summed E-state index contributed by atoms with van der Waals surface area (Å²) in [6, 6.07) is 27.7. The molecule has 6 heteroatoms. The first-order chi connectivity index (χ1) is 14.2. The summed E-state index contributed by atoms with van der Waals surface area (Å²) in [6.45, 7) is 1.95. The molecule has 1 heterocycles. The Kier molecular flexibility index (Phi) is 5.63. The van der Waals surface area contributed by atoms with Crippen LogP contribution in [0.25, 0.3) is 0 Å². The van der Waals surface area contributed by atoms with Crippen LogP contribution in [0.2, 0.25) is 0 Å². The molecular formula is C23H20N4OS. The summed E-state index contributed by atoms with van der Waals surface area (Å²) in [7, 11) is 0. The SMILES string of the molecule is Cc1ccccc1NC(=O)Nc1nnc(C(c2ccccc2)c2ccccc2)s1. The van der Waals surface area contributed by atoms with E-state index in [2.05, 4.69) is 45.1 Å². The molecule has 0 spiro atoms. The second kappa shape index (κ2) is 8.67. The van der Waals surface area contributed by atoms with Gasteiger partial charge < -0.3 is 5.32 Å². The van der Waals surface area contributed by atoms with Gasteiger partial charge in [0.25, 0.3) is 0 Å². The van der Waals surface area contributed by atoms with E-state index in [1.54, 1.807) is 0 Å². The zero-order chi connectivity index (χ0) is 20.1. The molecule has 0 fully saturated rings. The van der Waals surface area contributed by atoms with E-state index in [1.165, 1.54) is 11.3 Å². The number of hydrogen-bond acceptors (Lipinski definition) is 4. The van der Waals surface area contributed by atoms with Gasteiger partial charge in [0.2, 0.25) is 5.13 Å². The van der Waals surface area contributed by atoms with E-state index in [0.29, 0.717) is 5.13 Å². The summed E-state index contributed by atoms with van der Waals surface area (Å²) >= 11 is 1.38. The number of amides is 2. The molecule has 4 rings (SSSR count). The lowest BCUT2D eigenvalue weighted by atomic mass is 9.92. The molecule has 3 aromatic carbocycles. The minimum absolute atomic E-state index is 0.0371. The van der Waals surface area contributed by atoms with Gasteiger partial charge in [0.1, 0.15) is 5.01 Å². The normalized spacial score (nSPS) is 10.7. The van der Waals surface area contributed by atoms with Gasteiger partial charge >= 0.3 is 6.03 Å². The molecule has 2 N–H and O–H groups in total. The van der Waals surface area contributed by atoms with Gasteiger partial charge in [-0.25, -0.2) is 4.79 Å². The monoisotopic (exact) mass is 400 g/mol. The van der Waals surface area contributed by atoms with Crippen molar-refractivity contribution in [3.05, 3.63) is 107 Å². The zero-order valence-corrected chi connectivity index (χ0v) is 16.7. The molecule has 0 saturated heterocycles. The third-order valence-corrected chi connectivity index (χ3v) is 5.47. The van der Waals surface area contributed by atoms with Crippen molar-refractivity contribution in [1.82, 2.24) is 10.2 Å². The van der Waals surface area contributed by atoms with Gasteiger partial charge in [-0.05, 0) is 29.7 Å². The summed E-state index contributed by atoms with van der Waals surface area (Å²) in [5, 5.41) is 15.5. The van der Waals surface area contributed by atoms with E-state index in [-0.39, 0.29) is 11.9 Å². The summed E-state index contributed by atoms with van der Waals surface area (Å²) in [6.07, 6.45) is 0. The number of nitrogens with zero attached hydrogens (tertiary/aromatic N) is 2. The van der Waals surface area contributed by atoms with Gasteiger partial charge in [-0.3, -0.25) is 5.32 Å². The number of carbonyl (C=O) groups excluding carboxylic acids is 1. The van der Waals surface area contributed by atoms with E-state index in [1.807, 2.05) is 67.6 Å². The highest BCUT2D eigenvalue weighted by Gasteiger charge is 2.21. The van der Waals surface area contributed by atoms with E-state index < -0.39 is 0 Å². The lowest BCUT2D eigenvalue weighted by molar-refractivity contribution is 0.262. The first-order valence-corrected chi connectivity index (χ1v) is 10.1. The molecule has 5 nitrogen and oxygen atoms in total. The van der Waals surface area contributed by atoms with Gasteiger partial charge in [0, 0.05) is 5.69 Å². The van der Waals surface area contributed by atoms with Crippen LogP contribution in [0.15, 0.2) is 84.9 Å². The lowest BCUT2D eigenvalue weighted by Crippen LogP contribution is -2.19. The summed E-state index contributed by atoms with van der Waals surface area (Å²) in [5.74, 6) is -0.0371. The molecule has 0 aliphatic heterocycles. The predicted molar refractivity (Wildman–Crippen MR) is 118 cm³/mol. The van der Waals surface area contributed by atoms with Crippen LogP contribution in [0.5, 0.6) is 0 Å². The second-order valence-electron chi connectivity index (χ2n) is 6.59. The maximum absolute atomic E-state index is 12.4. The first-order valence-electron chi connectivity index (χ1n) is 9.27. The van der Waals surface area contributed by atoms with E-state index in [9.17, 15) is 4.79 Å². The van der Waals surface area contributed by atoms with Crippen LogP contribution in [0.1, 0.15) is 27.6 Å². The molecule has 0 aliphatic carbocycles. The number of carbonyl (C=O) groups is 1. The minimum Gasteiger partial charge on any atom is -0.307 e. The molecule has 1 aromatic heterocycles. The van der Waals surface area contributed by atoms with Gasteiger partial charge in [0.05, 0.1) is 5.92 Å². The van der Waals surface area contributed by atoms with Gasteiger partial charge in [-0.15, -0.1) is 10.2 Å². The second-order valence-corrected chi connectivity index (χ2v) is 7.60. The highest BCUT2D eigenvalue weighted by Crippen LogP contribution is 2.34. The average molecular weight is 401 g/mol. The van der Waals surface area contributed by atoms with Crippen LogP contribution < -0.4 is 10.6 Å². The molecular weight excluding hydrogens is 380 g/mol. The topological polar surface area (TPSA) is 66.9 Å². The maximum atomic E-state index is 12.4. The highest BCUT2D eigenvalue weighted by molar-refractivity contribution is 7.15. The van der Waals surface area contributed by atoms with Crippen LogP contribution in [-0.4, -0.2) is 16.2 Å². The number of para-hydroxylation sites is 1. The number of rotatable bonds is 5. The minimum atomic E-state index is -0.335. The van der Waals surface area contributed by atoms with Crippen LogP contribution >= 0.6 is 11.3 Å². The fourth-order valence-corrected chi connectivity index (χ4v) is 4.03. The van der Waals surface area contributed by atoms with Crippen molar-refractivity contribution >= 4 is 28.2 Å². The summed E-state index contributed by atoms with van der Waals surface area (Å²) in [4.78, 5) is 12.4. The fourth-order valence-electron chi connectivity index (χ4n) is 3.13. The van der Waals surface area contributed by atoms with Crippen molar-refractivity contribution in [2.75, 3.05) is 10.6 Å². The largest absolute Gasteiger partial charge is 0.325 e. The molecule has 0 unspecified atom stereocenters. The fraction of sp³-hybridized carbons (Fsp3) is 0.0870. The van der Waals surface area contributed by atoms with Gasteiger partial charge in [0.15, 0.2) is 0 Å². The van der Waals surface area contributed by atoms with E-state index >= 15 is 0 Å². The Bertz CT molecular complexity index is 1060. The number of nitrogens with one attached hydrogen (secondary N) is 2. The molecule has 0 saturated carbocycles. The third kappa shape index (κ3) is 4.50. The Morgan fingerprint density at radius 1 is 0.793 bits per heavy atom. The molecule has 144 valence electrons. The standard InChI is InChI=1S/C23H20N4OS/c1-16-10-8-9-15-19(16)24-22(28)25-23-27-26-21(29-23)20(17-11-4-2-5-12-17)18-13-6-3-7-14-18/h2-15,20H,1H3,(H2,24,25,27,28). The van der Waals surface area contributed by atoms with Crippen molar-refractivity contribution in [3.8, 4) is 0 Å². The Morgan fingerprint density at radius 2 is 1.38 bits per heavy atom. The molecule has 29 heavy (non-hydrogen) atoms. The van der Waals surface area contributed by atoms with Crippen LogP contribution in [0.3, 0.4) is 0 Å². The molecule has 0 aliphatic rings. The zero-order valence-electron chi connectivity index (χ0n) is 15.9. The maximum Gasteiger partial charge on any atom is 0.325 e. The van der Waals surface area contributed by atoms with Gasteiger partial charge in [-0.2, -0.15) is 0 Å². The molecule has 4 aromatic rings. The predicted octanol–water partition coefficient (Wildman–Crippen LogP) is 5.67. The molecule has 0 atom stereocenters. The van der Waals surface area contributed by atoms with E-state index in [4.69, 9.17) is 0 Å². The number of aromatic nitrogens is 2. The van der Waals surface area contributed by atoms with Gasteiger partial charge in [-0.1, -0.05) is 90.2 Å². The number of anilines is 2. The number of benzene rings is 3. The summed E-state index contributed by atoms with van der Waals surface area (Å²) < 4.78 is 0. The smallest absolute Gasteiger partial charge is 0.307 e. The highest BCUT2D eigenvalue weighted by atomic mass is 32.1. The number of aryl methyl sites for hydroxylation is 1. The Labute approximate surface area is 173 Å². The number of urea groups is 1. The van der Waals surface area contributed by atoms with Crippen molar-refractivity contribution in [2.45, 2.75) is 12.8 Å². The first kappa shape index (κ1) is 18.8. The van der Waals surface area contributed by atoms with Crippen molar-refractivity contribution in [1.29, 1.82) is 0 Å². The van der Waals surface area contributed by atoms with Crippen LogP contribution in [0, 0.1) is 6.92 Å². The van der Waals surface area contributed by atoms with Crippen molar-refractivity contribution in [3.63, 3.8) is 0 Å². The Morgan fingerprint density at radius 3 is 2.00 bits per heavy atom. The lowest BCUT2D eigenvalue weighted by Gasteiger charge is -2.14. The van der Waals surface area contributed by atoms with Crippen LogP contribution in [0.4, 0.5) is 15.6 Å². The summed E-state index contributed by atoms with van der Waals surface area (Å²) in [5.41, 5.74) is 4.02. The molecule has 0 bridgehead atoms. The average Bonchev–Trinajstić information content (AvgIpc) is 3.19. The van der Waals surface area contributed by atoms with Crippen molar-refractivity contribution < 1.29 is 4.79 Å². The Hall–Kier alpha value is -3.51. The number of hydrogen-bond donors (Lipinski definition) is 2. The van der Waals surface area contributed by atoms with Crippen molar-refractivity contribution in [2.24, 2.45) is 0 Å².